The van der Waals surface area contributed by atoms with E-state index in [1.807, 2.05) is 13.8 Å². The predicted molar refractivity (Wildman–Crippen MR) is 100 cm³/mol. The molecule has 0 bridgehead atoms. The van der Waals surface area contributed by atoms with E-state index in [-0.39, 0.29) is 29.2 Å². The van der Waals surface area contributed by atoms with Gasteiger partial charge in [0, 0.05) is 25.7 Å². The molecule has 0 spiro atoms. The van der Waals surface area contributed by atoms with Crippen molar-refractivity contribution in [1.29, 1.82) is 0 Å². The second-order valence-corrected chi connectivity index (χ2v) is 8.87. The number of sulfonamides is 1. The molecular formula is C18H27N3O4S. The first-order valence-electron chi connectivity index (χ1n) is 8.89. The highest BCUT2D eigenvalue weighted by molar-refractivity contribution is 7.89. The molecule has 1 aromatic carbocycles. The highest BCUT2D eigenvalue weighted by Gasteiger charge is 2.36. The number of hydrogen-bond acceptors (Lipinski definition) is 4. The predicted octanol–water partition coefficient (Wildman–Crippen LogP) is 1.96. The van der Waals surface area contributed by atoms with E-state index in [4.69, 9.17) is 0 Å². The van der Waals surface area contributed by atoms with Crippen molar-refractivity contribution < 1.29 is 18.0 Å². The van der Waals surface area contributed by atoms with Gasteiger partial charge in [0.2, 0.25) is 21.8 Å². The second kappa shape index (κ2) is 8.64. The van der Waals surface area contributed by atoms with Crippen LogP contribution >= 0.6 is 0 Å². The Bertz CT molecular complexity index is 744. The molecule has 8 heteroatoms. The van der Waals surface area contributed by atoms with Crippen molar-refractivity contribution in [2.45, 2.75) is 51.0 Å². The first-order valence-corrected chi connectivity index (χ1v) is 10.3. The molecule has 1 aromatic rings. The van der Waals surface area contributed by atoms with E-state index < -0.39 is 16.1 Å². The van der Waals surface area contributed by atoms with Crippen LogP contribution in [-0.4, -0.2) is 43.7 Å². The monoisotopic (exact) mass is 381 g/mol. The lowest BCUT2D eigenvalue weighted by atomic mass is 10.1. The number of amides is 2. The molecule has 2 amide bonds. The molecule has 0 radical (unpaired) electrons. The van der Waals surface area contributed by atoms with E-state index in [1.54, 1.807) is 12.1 Å². The highest BCUT2D eigenvalue weighted by Crippen LogP contribution is 2.24. The normalized spacial score (nSPS) is 18.5. The summed E-state index contributed by atoms with van der Waals surface area (Å²) in [6, 6.07) is 5.33. The van der Waals surface area contributed by atoms with Crippen molar-refractivity contribution in [3.8, 4) is 0 Å². The molecule has 0 unspecified atom stereocenters. The molecule has 1 aliphatic rings. The number of rotatable bonds is 6. The Balaban J connectivity index is 2.35. The van der Waals surface area contributed by atoms with Crippen molar-refractivity contribution in [2.75, 3.05) is 18.4 Å². The summed E-state index contributed by atoms with van der Waals surface area (Å²) in [5.74, 6) is -0.377. The van der Waals surface area contributed by atoms with Crippen LogP contribution in [0.5, 0.6) is 0 Å². The molecular weight excluding hydrogens is 354 g/mol. The highest BCUT2D eigenvalue weighted by atomic mass is 32.2. The van der Waals surface area contributed by atoms with Crippen LogP contribution in [-0.2, 0) is 19.6 Å². The Labute approximate surface area is 155 Å². The summed E-state index contributed by atoms with van der Waals surface area (Å²) >= 11 is 0. The van der Waals surface area contributed by atoms with Crippen LogP contribution in [0.3, 0.4) is 0 Å². The molecule has 2 N–H and O–H groups in total. The molecule has 1 atom stereocenters. The summed E-state index contributed by atoms with van der Waals surface area (Å²) < 4.78 is 27.8. The van der Waals surface area contributed by atoms with Crippen molar-refractivity contribution >= 4 is 27.5 Å². The van der Waals surface area contributed by atoms with Crippen LogP contribution in [0.4, 0.5) is 5.69 Å². The number of nitrogens with one attached hydrogen (secondary N) is 2. The molecule has 1 fully saturated rings. The Morgan fingerprint density at radius 3 is 2.50 bits per heavy atom. The van der Waals surface area contributed by atoms with Gasteiger partial charge in [-0.1, -0.05) is 13.8 Å². The van der Waals surface area contributed by atoms with Gasteiger partial charge in [0.05, 0.1) is 4.90 Å². The lowest BCUT2D eigenvalue weighted by Gasteiger charge is -2.30. The van der Waals surface area contributed by atoms with Crippen LogP contribution in [0.2, 0.25) is 0 Å². The van der Waals surface area contributed by atoms with Crippen LogP contribution in [0.15, 0.2) is 29.2 Å². The number of carbonyl (C=O) groups excluding carboxylic acids is 2. The molecule has 0 aromatic heterocycles. The van der Waals surface area contributed by atoms with E-state index in [0.717, 1.165) is 12.8 Å². The van der Waals surface area contributed by atoms with Gasteiger partial charge in [0.25, 0.3) is 0 Å². The average Bonchev–Trinajstić information content (AvgIpc) is 2.77. The zero-order chi connectivity index (χ0) is 19.3. The van der Waals surface area contributed by atoms with E-state index in [9.17, 15) is 18.0 Å². The molecule has 1 saturated heterocycles. The number of carbonyl (C=O) groups is 2. The topological polar surface area (TPSA) is 95.6 Å². The Kier molecular flexibility index (Phi) is 6.77. The number of anilines is 1. The molecule has 26 heavy (non-hydrogen) atoms. The Morgan fingerprint density at radius 2 is 1.92 bits per heavy atom. The van der Waals surface area contributed by atoms with E-state index in [0.29, 0.717) is 18.7 Å². The van der Waals surface area contributed by atoms with Crippen LogP contribution in [0.25, 0.3) is 0 Å². The van der Waals surface area contributed by atoms with Crippen molar-refractivity contribution in [3.63, 3.8) is 0 Å². The summed E-state index contributed by atoms with van der Waals surface area (Å²) in [6.07, 6.45) is 2.17. The zero-order valence-corrected chi connectivity index (χ0v) is 16.3. The van der Waals surface area contributed by atoms with Gasteiger partial charge in [-0.25, -0.2) is 8.42 Å². The minimum Gasteiger partial charge on any atom is -0.355 e. The van der Waals surface area contributed by atoms with Gasteiger partial charge in [-0.15, -0.1) is 0 Å². The first-order chi connectivity index (χ1) is 12.2. The Hall–Kier alpha value is -1.93. The fourth-order valence-corrected chi connectivity index (χ4v) is 4.78. The third kappa shape index (κ3) is 5.04. The molecule has 7 nitrogen and oxygen atoms in total. The van der Waals surface area contributed by atoms with Crippen molar-refractivity contribution in [1.82, 2.24) is 9.62 Å². The van der Waals surface area contributed by atoms with Gasteiger partial charge in [0.15, 0.2) is 0 Å². The maximum absolute atomic E-state index is 13.2. The third-order valence-electron chi connectivity index (χ3n) is 4.18. The largest absolute Gasteiger partial charge is 0.355 e. The summed E-state index contributed by atoms with van der Waals surface area (Å²) in [6.45, 7) is 6.10. The minimum atomic E-state index is -3.83. The number of benzene rings is 1. The maximum Gasteiger partial charge on any atom is 0.243 e. The smallest absolute Gasteiger partial charge is 0.243 e. The van der Waals surface area contributed by atoms with Crippen molar-refractivity contribution in [3.05, 3.63) is 24.3 Å². The minimum absolute atomic E-state index is 0.0829. The molecule has 2 rings (SSSR count). The lowest BCUT2D eigenvalue weighted by molar-refractivity contribution is -0.124. The van der Waals surface area contributed by atoms with E-state index in [1.165, 1.54) is 23.4 Å². The van der Waals surface area contributed by atoms with Crippen molar-refractivity contribution in [2.24, 2.45) is 5.92 Å². The number of hydrogen-bond donors (Lipinski definition) is 2. The first kappa shape index (κ1) is 20.4. The average molecular weight is 381 g/mol. The van der Waals surface area contributed by atoms with E-state index in [2.05, 4.69) is 10.6 Å². The SMILES string of the molecule is CC(=O)Nc1ccc(S(=O)(=O)N(CC(C)C)[C@H]2CCCCNC2=O)cc1. The van der Waals surface area contributed by atoms with Gasteiger partial charge in [-0.3, -0.25) is 9.59 Å². The fourth-order valence-electron chi connectivity index (χ4n) is 3.00. The zero-order valence-electron chi connectivity index (χ0n) is 15.5. The van der Waals surface area contributed by atoms with Gasteiger partial charge < -0.3 is 10.6 Å². The summed E-state index contributed by atoms with van der Waals surface area (Å²) in [4.78, 5) is 23.7. The number of nitrogens with zero attached hydrogens (tertiary/aromatic N) is 1. The van der Waals surface area contributed by atoms with E-state index >= 15 is 0 Å². The fraction of sp³-hybridized carbons (Fsp3) is 0.556. The lowest BCUT2D eigenvalue weighted by Crippen LogP contribution is -2.49. The van der Waals surface area contributed by atoms with Gasteiger partial charge in [0.1, 0.15) is 6.04 Å². The second-order valence-electron chi connectivity index (χ2n) is 6.98. The Morgan fingerprint density at radius 1 is 1.27 bits per heavy atom. The van der Waals surface area contributed by atoms with Crippen LogP contribution in [0.1, 0.15) is 40.0 Å². The molecule has 144 valence electrons. The third-order valence-corrected chi connectivity index (χ3v) is 6.07. The quantitative estimate of drug-likeness (QED) is 0.787. The molecule has 0 saturated carbocycles. The van der Waals surface area contributed by atoms with Gasteiger partial charge in [-0.05, 0) is 49.4 Å². The molecule has 1 aliphatic heterocycles. The molecule has 1 heterocycles. The van der Waals surface area contributed by atoms with Gasteiger partial charge in [-0.2, -0.15) is 4.31 Å². The molecule has 0 aliphatic carbocycles. The standard InChI is InChI=1S/C18H27N3O4S/c1-13(2)12-21(17-6-4-5-11-19-18(17)23)26(24,25)16-9-7-15(8-10-16)20-14(3)22/h7-10,13,17H,4-6,11-12H2,1-3H3,(H,19,23)(H,20,22)/t17-/m0/s1. The van der Waals surface area contributed by atoms with Gasteiger partial charge >= 0.3 is 0 Å². The summed E-state index contributed by atoms with van der Waals surface area (Å²) in [7, 11) is -3.83. The maximum atomic E-state index is 13.2. The summed E-state index contributed by atoms with van der Waals surface area (Å²) in [5.41, 5.74) is 0.527. The summed E-state index contributed by atoms with van der Waals surface area (Å²) in [5, 5.41) is 5.42. The van der Waals surface area contributed by atoms with Crippen LogP contribution < -0.4 is 10.6 Å². The van der Waals surface area contributed by atoms with Crippen LogP contribution in [0, 0.1) is 5.92 Å².